The molecule has 0 heterocycles. The number of hydrogen-bond donors (Lipinski definition) is 1. The van der Waals surface area contributed by atoms with Gasteiger partial charge in [-0.15, -0.1) is 0 Å². The van der Waals surface area contributed by atoms with E-state index in [1.165, 1.54) is 12.8 Å². The highest BCUT2D eigenvalue weighted by atomic mass is 16.5. The third kappa shape index (κ3) is 8.39. The molecule has 0 amide bonds. The molecule has 0 spiro atoms. The number of unbranched alkanes of at least 4 members (excludes halogenated alkanes) is 3. The maximum atomic E-state index is 10.7. The van der Waals surface area contributed by atoms with Crippen LogP contribution in [0, 0.1) is 0 Å². The summed E-state index contributed by atoms with van der Waals surface area (Å²) in [5.74, 6) is -0.953. The lowest BCUT2D eigenvalue weighted by atomic mass is 10.2. The van der Waals surface area contributed by atoms with E-state index in [2.05, 4.69) is 6.92 Å². The van der Waals surface area contributed by atoms with Crippen LogP contribution in [-0.2, 0) is 14.3 Å². The van der Waals surface area contributed by atoms with Crippen LogP contribution in [0.3, 0.4) is 0 Å². The Morgan fingerprint density at radius 3 is 2.53 bits per heavy atom. The summed E-state index contributed by atoms with van der Waals surface area (Å²) in [6.45, 7) is 5.09. The highest BCUT2D eigenvalue weighted by Crippen LogP contribution is 2.00. The first-order valence-corrected chi connectivity index (χ1v) is 5.64. The molecule has 1 unspecified atom stereocenters. The smallest absolute Gasteiger partial charge is 0.335 e. The molecule has 4 heteroatoms. The number of aliphatic carboxylic acids is 1. The van der Waals surface area contributed by atoms with Crippen molar-refractivity contribution in [3.63, 3.8) is 0 Å². The van der Waals surface area contributed by atoms with Gasteiger partial charge in [-0.1, -0.05) is 26.2 Å². The van der Waals surface area contributed by atoms with E-state index in [1.54, 1.807) is 6.92 Å². The Labute approximate surface area is 91.6 Å². The van der Waals surface area contributed by atoms with E-state index in [0.717, 1.165) is 12.8 Å². The van der Waals surface area contributed by atoms with Gasteiger partial charge in [0.25, 0.3) is 0 Å². The van der Waals surface area contributed by atoms with Gasteiger partial charge in [-0.2, -0.15) is 0 Å². The van der Waals surface area contributed by atoms with Crippen molar-refractivity contribution in [3.05, 3.63) is 0 Å². The van der Waals surface area contributed by atoms with Crippen LogP contribution >= 0.6 is 0 Å². The van der Waals surface area contributed by atoms with Crippen molar-refractivity contribution in [2.75, 3.05) is 19.8 Å². The monoisotopic (exact) mass is 218 g/mol. The minimum absolute atomic E-state index is 0.148. The van der Waals surface area contributed by atoms with Crippen LogP contribution in [0.5, 0.6) is 0 Å². The van der Waals surface area contributed by atoms with Gasteiger partial charge >= 0.3 is 5.97 Å². The molecule has 0 radical (unpaired) electrons. The Morgan fingerprint density at radius 1 is 1.27 bits per heavy atom. The normalized spacial score (nSPS) is 12.7. The maximum Gasteiger partial charge on any atom is 0.335 e. The topological polar surface area (TPSA) is 55.8 Å². The minimum Gasteiger partial charge on any atom is -0.479 e. The van der Waals surface area contributed by atoms with Gasteiger partial charge in [-0.3, -0.25) is 0 Å². The molecule has 90 valence electrons. The highest BCUT2D eigenvalue weighted by Gasteiger charge is 2.16. The fourth-order valence-corrected chi connectivity index (χ4v) is 1.21. The lowest BCUT2D eigenvalue weighted by Crippen LogP contribution is -2.29. The molecule has 0 saturated heterocycles. The summed E-state index contributed by atoms with van der Waals surface area (Å²) >= 11 is 0. The number of rotatable bonds is 10. The quantitative estimate of drug-likeness (QED) is 0.570. The largest absolute Gasteiger partial charge is 0.479 e. The fraction of sp³-hybridized carbons (Fsp3) is 0.909. The molecular weight excluding hydrogens is 196 g/mol. The number of carbonyl (C=O) groups is 1. The molecule has 1 atom stereocenters. The van der Waals surface area contributed by atoms with Crippen LogP contribution < -0.4 is 0 Å². The second-order valence-electron chi connectivity index (χ2n) is 3.42. The highest BCUT2D eigenvalue weighted by molar-refractivity contribution is 5.72. The van der Waals surface area contributed by atoms with E-state index in [-0.39, 0.29) is 6.61 Å². The molecule has 0 aromatic heterocycles. The Hall–Kier alpha value is -0.610. The molecule has 0 saturated carbocycles. The number of carboxylic acid groups (broad SMARTS) is 1. The Balaban J connectivity index is 3.41. The van der Waals surface area contributed by atoms with E-state index < -0.39 is 12.1 Å². The predicted octanol–water partition coefficient (Wildman–Crippen LogP) is 2.07. The van der Waals surface area contributed by atoms with Crippen molar-refractivity contribution in [3.8, 4) is 0 Å². The Morgan fingerprint density at radius 2 is 2.00 bits per heavy atom. The third-order valence-corrected chi connectivity index (χ3v) is 2.05. The van der Waals surface area contributed by atoms with Crippen LogP contribution in [0.4, 0.5) is 0 Å². The van der Waals surface area contributed by atoms with Gasteiger partial charge in [-0.25, -0.2) is 4.79 Å². The molecule has 0 rings (SSSR count). The fourth-order valence-electron chi connectivity index (χ4n) is 1.21. The summed E-state index contributed by atoms with van der Waals surface area (Å²) in [5, 5.41) is 8.74. The zero-order chi connectivity index (χ0) is 11.5. The minimum atomic E-state index is -0.953. The first kappa shape index (κ1) is 14.4. The van der Waals surface area contributed by atoms with Gasteiger partial charge < -0.3 is 14.6 Å². The first-order valence-electron chi connectivity index (χ1n) is 5.64. The second-order valence-corrected chi connectivity index (χ2v) is 3.42. The van der Waals surface area contributed by atoms with Gasteiger partial charge in [0.05, 0.1) is 6.61 Å². The molecule has 0 aromatic carbocycles. The summed E-state index contributed by atoms with van der Waals surface area (Å²) in [5.41, 5.74) is 0. The second kappa shape index (κ2) is 9.93. The summed E-state index contributed by atoms with van der Waals surface area (Å²) in [4.78, 5) is 10.7. The lowest BCUT2D eigenvalue weighted by Gasteiger charge is -2.12. The zero-order valence-corrected chi connectivity index (χ0v) is 9.70. The van der Waals surface area contributed by atoms with Crippen molar-refractivity contribution in [1.29, 1.82) is 0 Å². The molecule has 0 aromatic rings. The molecule has 0 aliphatic rings. The predicted molar refractivity (Wildman–Crippen MR) is 58.0 cm³/mol. The van der Waals surface area contributed by atoms with Gasteiger partial charge in [0.15, 0.2) is 6.10 Å². The van der Waals surface area contributed by atoms with Crippen LogP contribution in [0.25, 0.3) is 0 Å². The van der Waals surface area contributed by atoms with E-state index in [9.17, 15) is 4.79 Å². The van der Waals surface area contributed by atoms with Gasteiger partial charge in [0.1, 0.15) is 0 Å². The average molecular weight is 218 g/mol. The van der Waals surface area contributed by atoms with E-state index in [4.69, 9.17) is 14.6 Å². The van der Waals surface area contributed by atoms with E-state index >= 15 is 0 Å². The molecule has 0 aliphatic carbocycles. The number of carboxylic acids is 1. The van der Waals surface area contributed by atoms with Gasteiger partial charge in [0, 0.05) is 13.2 Å². The summed E-state index contributed by atoms with van der Waals surface area (Å²) in [6, 6.07) is 0. The molecule has 1 N–H and O–H groups in total. The molecule has 0 bridgehead atoms. The van der Waals surface area contributed by atoms with Crippen LogP contribution in [0.2, 0.25) is 0 Å². The van der Waals surface area contributed by atoms with Crippen LogP contribution in [0.1, 0.15) is 39.5 Å². The lowest BCUT2D eigenvalue weighted by molar-refractivity contribution is -0.154. The zero-order valence-electron chi connectivity index (χ0n) is 9.70. The standard InChI is InChI=1S/C11H22O4/c1-3-5-6-7-8-14-9-10(11(12)13)15-4-2/h10H,3-9H2,1-2H3,(H,12,13). The molecule has 0 fully saturated rings. The van der Waals surface area contributed by atoms with E-state index in [0.29, 0.717) is 13.2 Å². The summed E-state index contributed by atoms with van der Waals surface area (Å²) in [7, 11) is 0. The van der Waals surface area contributed by atoms with Crippen LogP contribution in [-0.4, -0.2) is 37.0 Å². The Bertz CT molecular complexity index is 159. The first-order chi connectivity index (χ1) is 7.22. The van der Waals surface area contributed by atoms with Gasteiger partial charge in [-0.05, 0) is 13.3 Å². The third-order valence-electron chi connectivity index (χ3n) is 2.05. The summed E-state index contributed by atoms with van der Waals surface area (Å²) in [6.07, 6.45) is 3.71. The van der Waals surface area contributed by atoms with Crippen molar-refractivity contribution in [1.82, 2.24) is 0 Å². The Kier molecular flexibility index (Phi) is 9.52. The van der Waals surface area contributed by atoms with E-state index in [1.807, 2.05) is 0 Å². The van der Waals surface area contributed by atoms with Gasteiger partial charge in [0.2, 0.25) is 0 Å². The molecule has 15 heavy (non-hydrogen) atoms. The average Bonchev–Trinajstić information content (AvgIpc) is 2.21. The molecule has 4 nitrogen and oxygen atoms in total. The van der Waals surface area contributed by atoms with Crippen molar-refractivity contribution < 1.29 is 19.4 Å². The molecular formula is C11H22O4. The number of ether oxygens (including phenoxy) is 2. The van der Waals surface area contributed by atoms with Crippen molar-refractivity contribution >= 4 is 5.97 Å². The van der Waals surface area contributed by atoms with Crippen molar-refractivity contribution in [2.45, 2.75) is 45.6 Å². The van der Waals surface area contributed by atoms with Crippen molar-refractivity contribution in [2.24, 2.45) is 0 Å². The number of hydrogen-bond acceptors (Lipinski definition) is 3. The van der Waals surface area contributed by atoms with Crippen LogP contribution in [0.15, 0.2) is 0 Å². The summed E-state index contributed by atoms with van der Waals surface area (Å²) < 4.78 is 10.3. The SMILES string of the molecule is CCCCCCOCC(OCC)C(=O)O. The maximum absolute atomic E-state index is 10.7. The molecule has 0 aliphatic heterocycles.